The number of primary amides is 1. The Labute approximate surface area is 140 Å². The van der Waals surface area contributed by atoms with E-state index < -0.39 is 11.5 Å². The van der Waals surface area contributed by atoms with Crippen molar-refractivity contribution >= 4 is 17.3 Å². The number of para-hydroxylation sites is 1. The SMILES string of the molecule is NC(=O)C(O)(c1ccccc1)c1ccc(Nc2ccccc2)cc1. The Balaban J connectivity index is 1.92. The van der Waals surface area contributed by atoms with Crippen LogP contribution in [0.2, 0.25) is 0 Å². The highest BCUT2D eigenvalue weighted by Crippen LogP contribution is 2.30. The van der Waals surface area contributed by atoms with E-state index in [1.54, 1.807) is 48.5 Å². The van der Waals surface area contributed by atoms with Crippen LogP contribution < -0.4 is 11.1 Å². The van der Waals surface area contributed by atoms with Gasteiger partial charge in [0.1, 0.15) is 0 Å². The monoisotopic (exact) mass is 318 g/mol. The molecule has 3 aromatic rings. The Bertz CT molecular complexity index is 817. The fraction of sp³-hybridized carbons (Fsp3) is 0.0500. The van der Waals surface area contributed by atoms with Gasteiger partial charge in [0, 0.05) is 11.4 Å². The fourth-order valence-corrected chi connectivity index (χ4v) is 2.61. The van der Waals surface area contributed by atoms with Gasteiger partial charge in [-0.25, -0.2) is 0 Å². The van der Waals surface area contributed by atoms with E-state index in [0.29, 0.717) is 11.1 Å². The largest absolute Gasteiger partial charge is 0.372 e. The van der Waals surface area contributed by atoms with E-state index in [-0.39, 0.29) is 0 Å². The molecule has 4 nitrogen and oxygen atoms in total. The van der Waals surface area contributed by atoms with Crippen molar-refractivity contribution < 1.29 is 9.90 Å². The fourth-order valence-electron chi connectivity index (χ4n) is 2.61. The first-order chi connectivity index (χ1) is 11.6. The minimum atomic E-state index is -1.85. The van der Waals surface area contributed by atoms with Gasteiger partial charge in [-0.05, 0) is 35.4 Å². The molecule has 0 heterocycles. The average molecular weight is 318 g/mol. The first-order valence-corrected chi connectivity index (χ1v) is 7.61. The maximum absolute atomic E-state index is 12.0. The van der Waals surface area contributed by atoms with Crippen LogP contribution in [0.25, 0.3) is 0 Å². The molecular formula is C20H18N2O2. The molecule has 0 aliphatic carbocycles. The third-order valence-electron chi connectivity index (χ3n) is 3.91. The summed E-state index contributed by atoms with van der Waals surface area (Å²) in [6.45, 7) is 0. The van der Waals surface area contributed by atoms with E-state index in [1.807, 2.05) is 36.4 Å². The highest BCUT2D eigenvalue weighted by Gasteiger charge is 2.37. The maximum Gasteiger partial charge on any atom is 0.258 e. The highest BCUT2D eigenvalue weighted by molar-refractivity contribution is 5.88. The predicted molar refractivity (Wildman–Crippen MR) is 94.8 cm³/mol. The zero-order valence-corrected chi connectivity index (χ0v) is 13.0. The summed E-state index contributed by atoms with van der Waals surface area (Å²) in [7, 11) is 0. The normalized spacial score (nSPS) is 13.0. The molecule has 4 N–H and O–H groups in total. The van der Waals surface area contributed by atoms with Gasteiger partial charge in [0.2, 0.25) is 0 Å². The summed E-state index contributed by atoms with van der Waals surface area (Å²) in [5.41, 5.74) is 6.32. The van der Waals surface area contributed by atoms with Crippen LogP contribution in [0, 0.1) is 0 Å². The van der Waals surface area contributed by atoms with Crippen LogP contribution in [0.4, 0.5) is 11.4 Å². The Kier molecular flexibility index (Phi) is 4.31. The van der Waals surface area contributed by atoms with Crippen molar-refractivity contribution in [3.8, 4) is 0 Å². The van der Waals surface area contributed by atoms with Gasteiger partial charge in [0.15, 0.2) is 5.60 Å². The molecule has 0 bridgehead atoms. The van der Waals surface area contributed by atoms with Crippen LogP contribution in [0.5, 0.6) is 0 Å². The number of benzene rings is 3. The van der Waals surface area contributed by atoms with Crippen molar-refractivity contribution in [2.45, 2.75) is 5.60 Å². The molecule has 0 radical (unpaired) electrons. The van der Waals surface area contributed by atoms with Crippen molar-refractivity contribution in [2.24, 2.45) is 5.73 Å². The smallest absolute Gasteiger partial charge is 0.258 e. The first-order valence-electron chi connectivity index (χ1n) is 7.61. The predicted octanol–water partition coefficient (Wildman–Crippen LogP) is 3.15. The van der Waals surface area contributed by atoms with Gasteiger partial charge in [-0.15, -0.1) is 0 Å². The summed E-state index contributed by atoms with van der Waals surface area (Å²) < 4.78 is 0. The van der Waals surface area contributed by atoms with Crippen LogP contribution in [-0.4, -0.2) is 11.0 Å². The molecule has 1 amide bonds. The number of hydrogen-bond donors (Lipinski definition) is 3. The number of nitrogens with two attached hydrogens (primary N) is 1. The van der Waals surface area contributed by atoms with Gasteiger partial charge in [-0.1, -0.05) is 60.7 Å². The lowest BCUT2D eigenvalue weighted by Crippen LogP contribution is -2.42. The van der Waals surface area contributed by atoms with Gasteiger partial charge in [0.05, 0.1) is 0 Å². The standard InChI is InChI=1S/C20H18N2O2/c21-19(23)20(24,15-7-3-1-4-8-15)16-11-13-18(14-12-16)22-17-9-5-2-6-10-17/h1-14,22,24H,(H2,21,23). The van der Waals surface area contributed by atoms with Crippen LogP contribution in [0.3, 0.4) is 0 Å². The highest BCUT2D eigenvalue weighted by atomic mass is 16.3. The molecule has 0 aliphatic heterocycles. The van der Waals surface area contributed by atoms with E-state index in [0.717, 1.165) is 11.4 Å². The minimum Gasteiger partial charge on any atom is -0.372 e. The molecule has 3 aromatic carbocycles. The summed E-state index contributed by atoms with van der Waals surface area (Å²) >= 11 is 0. The minimum absolute atomic E-state index is 0.430. The molecule has 3 rings (SSSR count). The van der Waals surface area contributed by atoms with Crippen molar-refractivity contribution in [2.75, 3.05) is 5.32 Å². The third-order valence-corrected chi connectivity index (χ3v) is 3.91. The van der Waals surface area contributed by atoms with Gasteiger partial charge < -0.3 is 16.2 Å². The van der Waals surface area contributed by atoms with Crippen LogP contribution >= 0.6 is 0 Å². The van der Waals surface area contributed by atoms with Crippen molar-refractivity contribution in [1.29, 1.82) is 0 Å². The Morgan fingerprint density at radius 1 is 0.750 bits per heavy atom. The molecule has 0 saturated carbocycles. The number of amides is 1. The van der Waals surface area contributed by atoms with Gasteiger partial charge in [0.25, 0.3) is 5.91 Å². The Hall–Kier alpha value is -3.11. The number of carbonyl (C=O) groups excluding carboxylic acids is 1. The molecular weight excluding hydrogens is 300 g/mol. The Morgan fingerprint density at radius 3 is 1.75 bits per heavy atom. The lowest BCUT2D eigenvalue weighted by Gasteiger charge is -2.26. The van der Waals surface area contributed by atoms with Crippen molar-refractivity contribution in [3.05, 3.63) is 96.1 Å². The Morgan fingerprint density at radius 2 is 1.21 bits per heavy atom. The number of nitrogens with one attached hydrogen (secondary N) is 1. The molecule has 0 aliphatic rings. The molecule has 0 fully saturated rings. The molecule has 24 heavy (non-hydrogen) atoms. The lowest BCUT2D eigenvalue weighted by molar-refractivity contribution is -0.133. The molecule has 0 spiro atoms. The molecule has 0 aromatic heterocycles. The lowest BCUT2D eigenvalue weighted by atomic mass is 9.85. The molecule has 120 valence electrons. The number of hydrogen-bond acceptors (Lipinski definition) is 3. The zero-order valence-electron chi connectivity index (χ0n) is 13.0. The second-order valence-electron chi connectivity index (χ2n) is 5.51. The summed E-state index contributed by atoms with van der Waals surface area (Å²) in [6, 6.07) is 25.4. The number of rotatable bonds is 5. The van der Waals surface area contributed by atoms with Gasteiger partial charge >= 0.3 is 0 Å². The second kappa shape index (κ2) is 6.56. The van der Waals surface area contributed by atoms with Crippen LogP contribution in [-0.2, 0) is 10.4 Å². The van der Waals surface area contributed by atoms with E-state index >= 15 is 0 Å². The van der Waals surface area contributed by atoms with Gasteiger partial charge in [-0.3, -0.25) is 4.79 Å². The maximum atomic E-state index is 12.0. The van der Waals surface area contributed by atoms with Gasteiger partial charge in [-0.2, -0.15) is 0 Å². The topological polar surface area (TPSA) is 75.4 Å². The van der Waals surface area contributed by atoms with E-state index in [2.05, 4.69) is 5.32 Å². The average Bonchev–Trinajstić information content (AvgIpc) is 2.63. The molecule has 4 heteroatoms. The van der Waals surface area contributed by atoms with E-state index in [4.69, 9.17) is 5.73 Å². The van der Waals surface area contributed by atoms with E-state index in [9.17, 15) is 9.90 Å². The van der Waals surface area contributed by atoms with Crippen LogP contribution in [0.15, 0.2) is 84.9 Å². The summed E-state index contributed by atoms with van der Waals surface area (Å²) in [5.74, 6) is -0.808. The third kappa shape index (κ3) is 3.00. The van der Waals surface area contributed by atoms with Crippen molar-refractivity contribution in [1.82, 2.24) is 0 Å². The zero-order chi connectivity index (χ0) is 17.0. The number of aliphatic hydroxyl groups is 1. The summed E-state index contributed by atoms with van der Waals surface area (Å²) in [5, 5.41) is 14.2. The summed E-state index contributed by atoms with van der Waals surface area (Å²) in [6.07, 6.45) is 0. The summed E-state index contributed by atoms with van der Waals surface area (Å²) in [4.78, 5) is 12.0. The number of carbonyl (C=O) groups is 1. The molecule has 0 saturated heterocycles. The van der Waals surface area contributed by atoms with Crippen molar-refractivity contribution in [3.63, 3.8) is 0 Å². The van der Waals surface area contributed by atoms with Crippen LogP contribution in [0.1, 0.15) is 11.1 Å². The quantitative estimate of drug-likeness (QED) is 0.676. The number of anilines is 2. The first kappa shape index (κ1) is 15.8. The van der Waals surface area contributed by atoms with E-state index in [1.165, 1.54) is 0 Å². The second-order valence-corrected chi connectivity index (χ2v) is 5.51. The molecule has 1 unspecified atom stereocenters. The molecule has 1 atom stereocenters.